The number of furan rings is 1. The van der Waals surface area contributed by atoms with Crippen LogP contribution in [0.5, 0.6) is 0 Å². The largest absolute Gasteiger partial charge is 0.475 e. The van der Waals surface area contributed by atoms with Gasteiger partial charge in [-0.05, 0) is 49.1 Å². The van der Waals surface area contributed by atoms with Gasteiger partial charge >= 0.3 is 5.97 Å². The van der Waals surface area contributed by atoms with Gasteiger partial charge in [-0.25, -0.2) is 4.79 Å². The molecule has 0 aromatic carbocycles. The molecule has 1 aromatic heterocycles. The fraction of sp³-hybridized carbons (Fsp3) is 0.571. The Morgan fingerprint density at radius 3 is 2.63 bits per heavy atom. The summed E-state index contributed by atoms with van der Waals surface area (Å²) >= 11 is 0. The number of rotatable bonds is 4. The molecule has 1 amide bonds. The number of aromatic carboxylic acids is 1. The number of carbonyl (C=O) groups is 2. The lowest BCUT2D eigenvalue weighted by atomic mass is 9.89. The van der Waals surface area contributed by atoms with Crippen LogP contribution in [0.25, 0.3) is 0 Å². The van der Waals surface area contributed by atoms with E-state index >= 15 is 0 Å². The summed E-state index contributed by atoms with van der Waals surface area (Å²) in [6.07, 6.45) is 5.15. The summed E-state index contributed by atoms with van der Waals surface area (Å²) in [6.45, 7) is 0.670. The van der Waals surface area contributed by atoms with Crippen molar-refractivity contribution in [2.45, 2.75) is 25.7 Å². The molecule has 19 heavy (non-hydrogen) atoms. The van der Waals surface area contributed by atoms with Gasteiger partial charge in [-0.1, -0.05) is 6.42 Å². The SMILES string of the molecule is O=C(O)c1ccc(C(=O)NCC2CC3CCC2C3)o1. The molecular formula is C14H17NO4. The monoisotopic (exact) mass is 263 g/mol. The summed E-state index contributed by atoms with van der Waals surface area (Å²) in [7, 11) is 0. The van der Waals surface area contributed by atoms with Gasteiger partial charge < -0.3 is 14.8 Å². The van der Waals surface area contributed by atoms with Gasteiger partial charge in [-0.3, -0.25) is 4.79 Å². The minimum atomic E-state index is -1.16. The predicted octanol–water partition coefficient (Wildman–Crippen LogP) is 2.14. The van der Waals surface area contributed by atoms with Gasteiger partial charge in [0.05, 0.1) is 0 Å². The number of fused-ring (bicyclic) bond motifs is 2. The highest BCUT2D eigenvalue weighted by molar-refractivity contribution is 5.93. The normalized spacial score (nSPS) is 28.5. The van der Waals surface area contributed by atoms with E-state index in [1.165, 1.54) is 37.8 Å². The Balaban J connectivity index is 1.54. The van der Waals surface area contributed by atoms with E-state index in [2.05, 4.69) is 5.32 Å². The highest BCUT2D eigenvalue weighted by Crippen LogP contribution is 2.47. The molecule has 5 heteroatoms. The van der Waals surface area contributed by atoms with E-state index in [0.717, 1.165) is 11.8 Å². The van der Waals surface area contributed by atoms with Crippen LogP contribution in [-0.2, 0) is 0 Å². The molecular weight excluding hydrogens is 246 g/mol. The molecule has 0 spiro atoms. The molecule has 0 aliphatic heterocycles. The van der Waals surface area contributed by atoms with E-state index in [1.807, 2.05) is 0 Å². The molecule has 0 saturated heterocycles. The van der Waals surface area contributed by atoms with Crippen LogP contribution in [-0.4, -0.2) is 23.5 Å². The molecule has 3 rings (SSSR count). The van der Waals surface area contributed by atoms with E-state index in [9.17, 15) is 9.59 Å². The lowest BCUT2D eigenvalue weighted by Crippen LogP contribution is -2.31. The molecule has 2 bridgehead atoms. The van der Waals surface area contributed by atoms with Gasteiger partial charge in [0, 0.05) is 6.54 Å². The third-order valence-electron chi connectivity index (χ3n) is 4.45. The molecule has 102 valence electrons. The third-order valence-corrected chi connectivity index (χ3v) is 4.45. The first kappa shape index (κ1) is 12.3. The molecule has 1 heterocycles. The Labute approximate surface area is 111 Å². The minimum absolute atomic E-state index is 0.0700. The Morgan fingerprint density at radius 2 is 2.05 bits per heavy atom. The van der Waals surface area contributed by atoms with Crippen LogP contribution >= 0.6 is 0 Å². The standard InChI is InChI=1S/C14H17NO4/c16-13(11-3-4-12(19-11)14(17)18)15-7-10-6-8-1-2-9(10)5-8/h3-4,8-10H,1-2,5-7H2,(H,15,16)(H,17,18). The average Bonchev–Trinajstić information content (AvgIpc) is 3.10. The maximum Gasteiger partial charge on any atom is 0.371 e. The Bertz CT molecular complexity index is 507. The molecule has 2 N–H and O–H groups in total. The fourth-order valence-corrected chi connectivity index (χ4v) is 3.51. The van der Waals surface area contributed by atoms with Crippen molar-refractivity contribution in [3.05, 3.63) is 23.7 Å². The Hall–Kier alpha value is -1.78. The van der Waals surface area contributed by atoms with E-state index in [4.69, 9.17) is 9.52 Å². The maximum atomic E-state index is 11.8. The first-order valence-corrected chi connectivity index (χ1v) is 6.75. The topological polar surface area (TPSA) is 79.5 Å². The zero-order valence-electron chi connectivity index (χ0n) is 10.6. The van der Waals surface area contributed by atoms with Crippen LogP contribution < -0.4 is 5.32 Å². The second-order valence-electron chi connectivity index (χ2n) is 5.61. The highest BCUT2D eigenvalue weighted by Gasteiger charge is 2.39. The van der Waals surface area contributed by atoms with Gasteiger partial charge in [-0.15, -0.1) is 0 Å². The van der Waals surface area contributed by atoms with Gasteiger partial charge in [0.25, 0.3) is 5.91 Å². The number of carbonyl (C=O) groups excluding carboxylic acids is 1. The second-order valence-corrected chi connectivity index (χ2v) is 5.61. The summed E-state index contributed by atoms with van der Waals surface area (Å²) in [5, 5.41) is 11.6. The third kappa shape index (κ3) is 2.37. The second kappa shape index (κ2) is 4.72. The van der Waals surface area contributed by atoms with E-state index in [-0.39, 0.29) is 17.4 Å². The first-order chi connectivity index (χ1) is 9.13. The molecule has 2 saturated carbocycles. The summed E-state index contributed by atoms with van der Waals surface area (Å²) in [5.74, 6) is 0.579. The van der Waals surface area contributed by atoms with Crippen molar-refractivity contribution in [2.24, 2.45) is 17.8 Å². The van der Waals surface area contributed by atoms with Crippen molar-refractivity contribution in [1.29, 1.82) is 0 Å². The van der Waals surface area contributed by atoms with Gasteiger partial charge in [0.1, 0.15) is 0 Å². The minimum Gasteiger partial charge on any atom is -0.475 e. The van der Waals surface area contributed by atoms with Crippen LogP contribution in [0.3, 0.4) is 0 Å². The maximum absolute atomic E-state index is 11.8. The number of carboxylic acid groups (broad SMARTS) is 1. The van der Waals surface area contributed by atoms with E-state index < -0.39 is 5.97 Å². The van der Waals surface area contributed by atoms with Crippen molar-refractivity contribution in [1.82, 2.24) is 5.32 Å². The van der Waals surface area contributed by atoms with Crippen LogP contribution in [0.1, 0.15) is 46.8 Å². The summed E-state index contributed by atoms with van der Waals surface area (Å²) in [4.78, 5) is 22.5. The average molecular weight is 263 g/mol. The van der Waals surface area contributed by atoms with Gasteiger partial charge in [0.15, 0.2) is 5.76 Å². The zero-order chi connectivity index (χ0) is 13.4. The predicted molar refractivity (Wildman–Crippen MR) is 66.9 cm³/mol. The van der Waals surface area contributed by atoms with Crippen molar-refractivity contribution in [3.8, 4) is 0 Å². The molecule has 3 unspecified atom stereocenters. The van der Waals surface area contributed by atoms with Crippen molar-refractivity contribution >= 4 is 11.9 Å². The smallest absolute Gasteiger partial charge is 0.371 e. The zero-order valence-corrected chi connectivity index (χ0v) is 10.6. The van der Waals surface area contributed by atoms with E-state index in [1.54, 1.807) is 0 Å². The molecule has 2 fully saturated rings. The molecule has 5 nitrogen and oxygen atoms in total. The summed E-state index contributed by atoms with van der Waals surface area (Å²) in [5.41, 5.74) is 0. The van der Waals surface area contributed by atoms with Crippen molar-refractivity contribution < 1.29 is 19.1 Å². The van der Waals surface area contributed by atoms with Crippen LogP contribution in [0.4, 0.5) is 0 Å². The van der Waals surface area contributed by atoms with Crippen molar-refractivity contribution in [2.75, 3.05) is 6.54 Å². The Kier molecular flexibility index (Phi) is 3.05. The number of carboxylic acids is 1. The molecule has 0 radical (unpaired) electrons. The van der Waals surface area contributed by atoms with Gasteiger partial charge in [0.2, 0.25) is 5.76 Å². The van der Waals surface area contributed by atoms with Gasteiger partial charge in [-0.2, -0.15) is 0 Å². The number of hydrogen-bond donors (Lipinski definition) is 2. The van der Waals surface area contributed by atoms with Crippen LogP contribution in [0.2, 0.25) is 0 Å². The number of amides is 1. The quantitative estimate of drug-likeness (QED) is 0.872. The van der Waals surface area contributed by atoms with Crippen LogP contribution in [0, 0.1) is 17.8 Å². The highest BCUT2D eigenvalue weighted by atomic mass is 16.4. The molecule has 1 aromatic rings. The van der Waals surface area contributed by atoms with Crippen molar-refractivity contribution in [3.63, 3.8) is 0 Å². The summed E-state index contributed by atoms with van der Waals surface area (Å²) in [6, 6.07) is 2.70. The number of nitrogens with one attached hydrogen (secondary N) is 1. The Morgan fingerprint density at radius 1 is 1.26 bits per heavy atom. The van der Waals surface area contributed by atoms with Crippen LogP contribution in [0.15, 0.2) is 16.5 Å². The number of hydrogen-bond acceptors (Lipinski definition) is 3. The lowest BCUT2D eigenvalue weighted by molar-refractivity contribution is 0.0659. The van der Waals surface area contributed by atoms with E-state index in [0.29, 0.717) is 12.5 Å². The molecule has 3 atom stereocenters. The lowest BCUT2D eigenvalue weighted by Gasteiger charge is -2.21. The first-order valence-electron chi connectivity index (χ1n) is 6.75. The summed E-state index contributed by atoms with van der Waals surface area (Å²) < 4.78 is 4.97. The molecule has 2 aliphatic rings. The fourth-order valence-electron chi connectivity index (χ4n) is 3.51. The molecule has 2 aliphatic carbocycles.